The normalized spacial score (nSPS) is 19.6. The van der Waals surface area contributed by atoms with Gasteiger partial charge in [0, 0.05) is 31.6 Å². The quantitative estimate of drug-likeness (QED) is 0.846. The number of aromatic nitrogens is 3. The zero-order valence-corrected chi connectivity index (χ0v) is 16.1. The molecule has 9 heteroatoms. The largest absolute Gasteiger partial charge is 0.378 e. The van der Waals surface area contributed by atoms with Gasteiger partial charge in [-0.25, -0.2) is 0 Å². The van der Waals surface area contributed by atoms with E-state index in [1.165, 1.54) is 11.5 Å². The zero-order valence-electron chi connectivity index (χ0n) is 15.3. The maximum atomic E-state index is 12.8. The summed E-state index contributed by atoms with van der Waals surface area (Å²) >= 11 is 1.29. The van der Waals surface area contributed by atoms with Crippen LogP contribution in [0, 0.1) is 12.8 Å². The molecule has 1 unspecified atom stereocenters. The first-order valence-electron chi connectivity index (χ1n) is 9.24. The Hall–Kier alpha value is -2.26. The molecule has 4 rings (SSSR count). The standard InChI is InChI=1S/C18H23N5O3S/c1-12-15(11-27-21-12)17(24)19-9-13-2-3-23-16(8-13)14(10-20-23)18(25)22-4-6-26-7-5-22/h10-11,13H,2-9H2,1H3,(H,19,24). The lowest BCUT2D eigenvalue weighted by Gasteiger charge is -2.28. The van der Waals surface area contributed by atoms with E-state index in [9.17, 15) is 9.59 Å². The molecule has 2 aliphatic rings. The molecule has 1 saturated heterocycles. The number of fused-ring (bicyclic) bond motifs is 1. The van der Waals surface area contributed by atoms with Crippen molar-refractivity contribution in [2.45, 2.75) is 26.3 Å². The zero-order chi connectivity index (χ0) is 18.8. The van der Waals surface area contributed by atoms with Gasteiger partial charge in [0.1, 0.15) is 0 Å². The molecule has 1 atom stereocenters. The van der Waals surface area contributed by atoms with Crippen LogP contribution in [0.15, 0.2) is 11.6 Å². The number of nitrogens with zero attached hydrogens (tertiary/aromatic N) is 4. The molecule has 27 heavy (non-hydrogen) atoms. The van der Waals surface area contributed by atoms with E-state index in [1.54, 1.807) is 11.6 Å². The Bertz CT molecular complexity index is 840. The topological polar surface area (TPSA) is 89.3 Å². The van der Waals surface area contributed by atoms with Crippen molar-refractivity contribution >= 4 is 23.3 Å². The fourth-order valence-electron chi connectivity index (χ4n) is 3.63. The molecule has 2 aromatic heterocycles. The minimum Gasteiger partial charge on any atom is -0.378 e. The number of aryl methyl sites for hydroxylation is 2. The number of hydrogen-bond acceptors (Lipinski definition) is 6. The van der Waals surface area contributed by atoms with Crippen molar-refractivity contribution in [3.63, 3.8) is 0 Å². The van der Waals surface area contributed by atoms with Crippen molar-refractivity contribution in [1.82, 2.24) is 24.4 Å². The van der Waals surface area contributed by atoms with Crippen LogP contribution < -0.4 is 5.32 Å². The number of carbonyl (C=O) groups is 2. The Kier molecular flexibility index (Phi) is 5.22. The van der Waals surface area contributed by atoms with E-state index in [0.29, 0.717) is 49.9 Å². The first-order chi connectivity index (χ1) is 13.1. The SMILES string of the molecule is Cc1nscc1C(=O)NCC1CCn2ncc(C(=O)N3CCOCC3)c2C1. The van der Waals surface area contributed by atoms with Gasteiger partial charge in [-0.1, -0.05) is 0 Å². The summed E-state index contributed by atoms with van der Waals surface area (Å²) in [4.78, 5) is 27.0. The van der Waals surface area contributed by atoms with Gasteiger partial charge in [0.05, 0.1) is 41.9 Å². The first-order valence-corrected chi connectivity index (χ1v) is 10.1. The molecule has 0 radical (unpaired) electrons. The molecular weight excluding hydrogens is 366 g/mol. The Morgan fingerprint density at radius 1 is 1.30 bits per heavy atom. The van der Waals surface area contributed by atoms with Crippen LogP contribution in [0.2, 0.25) is 0 Å². The van der Waals surface area contributed by atoms with E-state index in [4.69, 9.17) is 4.74 Å². The molecule has 2 aromatic rings. The molecule has 8 nitrogen and oxygen atoms in total. The number of amides is 2. The summed E-state index contributed by atoms with van der Waals surface area (Å²) < 4.78 is 11.4. The highest BCUT2D eigenvalue weighted by molar-refractivity contribution is 7.03. The molecular formula is C18H23N5O3S. The van der Waals surface area contributed by atoms with Crippen LogP contribution in [-0.4, -0.2) is 63.7 Å². The molecule has 2 amide bonds. The van der Waals surface area contributed by atoms with Crippen LogP contribution in [-0.2, 0) is 17.7 Å². The highest BCUT2D eigenvalue weighted by Gasteiger charge is 2.28. The summed E-state index contributed by atoms with van der Waals surface area (Å²) in [5.41, 5.74) is 3.07. The Morgan fingerprint density at radius 2 is 2.11 bits per heavy atom. The van der Waals surface area contributed by atoms with Crippen molar-refractivity contribution in [3.8, 4) is 0 Å². The highest BCUT2D eigenvalue weighted by Crippen LogP contribution is 2.24. The summed E-state index contributed by atoms with van der Waals surface area (Å²) in [7, 11) is 0. The third-order valence-corrected chi connectivity index (χ3v) is 5.97. The summed E-state index contributed by atoms with van der Waals surface area (Å²) in [5.74, 6) is 0.246. The van der Waals surface area contributed by atoms with Crippen molar-refractivity contribution < 1.29 is 14.3 Å². The van der Waals surface area contributed by atoms with Gasteiger partial charge in [0.2, 0.25) is 0 Å². The van der Waals surface area contributed by atoms with E-state index in [2.05, 4.69) is 14.8 Å². The predicted octanol–water partition coefficient (Wildman–Crippen LogP) is 1.11. The molecule has 0 aromatic carbocycles. The third kappa shape index (κ3) is 3.74. The van der Waals surface area contributed by atoms with Crippen LogP contribution in [0.25, 0.3) is 0 Å². The second kappa shape index (κ2) is 7.77. The summed E-state index contributed by atoms with van der Waals surface area (Å²) in [6.45, 7) is 5.61. The number of ether oxygens (including phenoxy) is 1. The monoisotopic (exact) mass is 389 g/mol. The third-order valence-electron chi connectivity index (χ3n) is 5.25. The van der Waals surface area contributed by atoms with Gasteiger partial charge in [0.25, 0.3) is 11.8 Å². The molecule has 144 valence electrons. The maximum Gasteiger partial charge on any atom is 0.257 e. The van der Waals surface area contributed by atoms with Gasteiger partial charge in [-0.05, 0) is 37.2 Å². The lowest BCUT2D eigenvalue weighted by atomic mass is 9.94. The maximum absolute atomic E-state index is 12.8. The van der Waals surface area contributed by atoms with Crippen molar-refractivity contribution in [3.05, 3.63) is 34.1 Å². The van der Waals surface area contributed by atoms with Crippen LogP contribution in [0.5, 0.6) is 0 Å². The molecule has 0 aliphatic carbocycles. The van der Waals surface area contributed by atoms with Crippen molar-refractivity contribution in [2.75, 3.05) is 32.8 Å². The number of rotatable bonds is 4. The van der Waals surface area contributed by atoms with Gasteiger partial charge in [-0.2, -0.15) is 9.47 Å². The van der Waals surface area contributed by atoms with Gasteiger partial charge in [0.15, 0.2) is 0 Å². The minimum atomic E-state index is -0.0788. The molecule has 4 heterocycles. The molecule has 2 aliphatic heterocycles. The minimum absolute atomic E-state index is 0.0317. The van der Waals surface area contributed by atoms with Gasteiger partial charge in [-0.15, -0.1) is 0 Å². The molecule has 1 fully saturated rings. The van der Waals surface area contributed by atoms with Crippen LogP contribution in [0.3, 0.4) is 0 Å². The van der Waals surface area contributed by atoms with E-state index in [0.717, 1.165) is 30.8 Å². The van der Waals surface area contributed by atoms with Crippen molar-refractivity contribution in [1.29, 1.82) is 0 Å². The van der Waals surface area contributed by atoms with Gasteiger partial charge >= 0.3 is 0 Å². The molecule has 0 spiro atoms. The second-order valence-electron chi connectivity index (χ2n) is 7.02. The van der Waals surface area contributed by atoms with E-state index in [1.807, 2.05) is 16.5 Å². The Labute approximate surface area is 161 Å². The number of carbonyl (C=O) groups excluding carboxylic acids is 2. The second-order valence-corrected chi connectivity index (χ2v) is 7.64. The van der Waals surface area contributed by atoms with Crippen molar-refractivity contribution in [2.24, 2.45) is 5.92 Å². The summed E-state index contributed by atoms with van der Waals surface area (Å²) in [6.07, 6.45) is 3.36. The first kappa shape index (κ1) is 18.1. The highest BCUT2D eigenvalue weighted by atomic mass is 32.1. The lowest BCUT2D eigenvalue weighted by Crippen LogP contribution is -2.41. The smallest absolute Gasteiger partial charge is 0.257 e. The number of morpholine rings is 1. The van der Waals surface area contributed by atoms with Gasteiger partial charge < -0.3 is 15.0 Å². The molecule has 0 bridgehead atoms. The lowest BCUT2D eigenvalue weighted by molar-refractivity contribution is 0.0301. The predicted molar refractivity (Wildman–Crippen MR) is 99.9 cm³/mol. The summed E-state index contributed by atoms with van der Waals surface area (Å²) in [6, 6.07) is 0. The number of nitrogens with one attached hydrogen (secondary N) is 1. The number of hydrogen-bond donors (Lipinski definition) is 1. The molecule has 0 saturated carbocycles. The fraction of sp³-hybridized carbons (Fsp3) is 0.556. The van der Waals surface area contributed by atoms with Crippen LogP contribution in [0.1, 0.15) is 38.5 Å². The van der Waals surface area contributed by atoms with E-state index >= 15 is 0 Å². The van der Waals surface area contributed by atoms with E-state index < -0.39 is 0 Å². The average Bonchev–Trinajstić information content (AvgIpc) is 3.32. The summed E-state index contributed by atoms with van der Waals surface area (Å²) in [5, 5.41) is 9.19. The fourth-order valence-corrected chi connectivity index (χ4v) is 4.32. The van der Waals surface area contributed by atoms with Gasteiger partial charge in [-0.3, -0.25) is 14.3 Å². The Morgan fingerprint density at radius 3 is 2.85 bits per heavy atom. The van der Waals surface area contributed by atoms with E-state index in [-0.39, 0.29) is 11.8 Å². The van der Waals surface area contributed by atoms with Crippen LogP contribution >= 0.6 is 11.5 Å². The average molecular weight is 389 g/mol. The molecule has 1 N–H and O–H groups in total. The van der Waals surface area contributed by atoms with Crippen LogP contribution in [0.4, 0.5) is 0 Å². The Balaban J connectivity index is 1.40.